The second-order valence-corrected chi connectivity index (χ2v) is 16.1. The first kappa shape index (κ1) is 44.2. The molecule has 3 amide bonds. The largest absolute Gasteiger partial charge is 0.390 e. The zero-order valence-electron chi connectivity index (χ0n) is 33.9. The first-order valence-corrected chi connectivity index (χ1v) is 20.8. The van der Waals surface area contributed by atoms with Crippen LogP contribution in [0.5, 0.6) is 0 Å². The fourth-order valence-electron chi connectivity index (χ4n) is 7.08. The number of carbonyl (C=O) groups excluding carboxylic acids is 3. The van der Waals surface area contributed by atoms with E-state index in [0.717, 1.165) is 51.9 Å². The van der Waals surface area contributed by atoms with Crippen LogP contribution in [0.4, 0.5) is 0 Å². The van der Waals surface area contributed by atoms with Crippen LogP contribution in [0.15, 0.2) is 84.9 Å². The third-order valence-electron chi connectivity index (χ3n) is 10.6. The molecular weight excluding hydrogens is 719 g/mol. The van der Waals surface area contributed by atoms with Gasteiger partial charge in [-0.25, -0.2) is 0 Å². The van der Waals surface area contributed by atoms with E-state index in [1.54, 1.807) is 7.05 Å². The lowest BCUT2D eigenvalue weighted by atomic mass is 9.88. The van der Waals surface area contributed by atoms with Crippen LogP contribution in [0.3, 0.4) is 0 Å². The molecule has 4 aromatic carbocycles. The summed E-state index contributed by atoms with van der Waals surface area (Å²) < 4.78 is 0. The van der Waals surface area contributed by atoms with Crippen molar-refractivity contribution in [3.8, 4) is 0 Å². The van der Waals surface area contributed by atoms with Crippen LogP contribution in [-0.2, 0) is 27.2 Å². The van der Waals surface area contributed by atoms with Crippen LogP contribution in [0.1, 0.15) is 83.8 Å². The van der Waals surface area contributed by atoms with Gasteiger partial charge in [-0.2, -0.15) is 0 Å². The second kappa shape index (κ2) is 22.9. The number of carbonyl (C=O) groups is 3. The van der Waals surface area contributed by atoms with E-state index in [1.165, 1.54) is 0 Å². The Balaban J connectivity index is 1.58. The van der Waals surface area contributed by atoms with E-state index in [2.05, 4.69) is 95.0 Å². The number of aliphatic hydroxyl groups is 1. The van der Waals surface area contributed by atoms with Gasteiger partial charge in [-0.3, -0.25) is 14.4 Å². The molecule has 0 aromatic heterocycles. The maximum atomic E-state index is 14.6. The summed E-state index contributed by atoms with van der Waals surface area (Å²) >= 11 is 5.20. The smallest absolute Gasteiger partial charge is 0.242 e. The summed E-state index contributed by atoms with van der Waals surface area (Å²) in [5, 5.41) is 31.6. The topological polar surface area (TPSA) is 132 Å². The molecule has 0 aliphatic rings. The van der Waals surface area contributed by atoms with Crippen molar-refractivity contribution >= 4 is 56.6 Å². The number of benzene rings is 4. The molecule has 5 atom stereocenters. The first-order valence-electron chi connectivity index (χ1n) is 20.4. The Morgan fingerprint density at radius 3 is 2.21 bits per heavy atom. The molecule has 0 saturated heterocycles. The van der Waals surface area contributed by atoms with E-state index in [4.69, 9.17) is 12.2 Å². The van der Waals surface area contributed by atoms with Crippen LogP contribution in [0, 0.1) is 17.8 Å². The van der Waals surface area contributed by atoms with Crippen molar-refractivity contribution in [1.29, 1.82) is 0 Å². The van der Waals surface area contributed by atoms with Gasteiger partial charge in [0, 0.05) is 26.1 Å². The average molecular weight is 782 g/mol. The highest BCUT2D eigenvalue weighted by Crippen LogP contribution is 2.25. The average Bonchev–Trinajstić information content (AvgIpc) is 3.19. The van der Waals surface area contributed by atoms with Gasteiger partial charge in [0.1, 0.15) is 6.04 Å². The molecule has 0 bridgehead atoms. The number of aliphatic hydroxyl groups excluding tert-OH is 1. The normalized spacial score (nSPS) is 14.1. The predicted octanol–water partition coefficient (Wildman–Crippen LogP) is 6.98. The quantitative estimate of drug-likeness (QED) is 0.0375. The fourth-order valence-corrected chi connectivity index (χ4v) is 7.18. The summed E-state index contributed by atoms with van der Waals surface area (Å²) in [7, 11) is 1.78. The molecule has 0 spiro atoms. The Morgan fingerprint density at radius 2 is 1.48 bits per heavy atom. The maximum absolute atomic E-state index is 14.6. The van der Waals surface area contributed by atoms with Crippen molar-refractivity contribution in [2.24, 2.45) is 17.8 Å². The Morgan fingerprint density at radius 1 is 0.768 bits per heavy atom. The summed E-state index contributed by atoms with van der Waals surface area (Å²) in [5.74, 6) is -0.788. The molecule has 0 fully saturated rings. The molecular formula is C46H63N5O4S. The number of thiocarbonyl (C=S) groups is 1. The molecule has 0 radical (unpaired) electrons. The van der Waals surface area contributed by atoms with Crippen molar-refractivity contribution in [2.45, 2.75) is 104 Å². The van der Waals surface area contributed by atoms with Crippen molar-refractivity contribution in [2.75, 3.05) is 20.1 Å². The molecule has 5 unspecified atom stereocenters. The van der Waals surface area contributed by atoms with Crippen LogP contribution >= 0.6 is 12.2 Å². The second-order valence-electron chi connectivity index (χ2n) is 15.7. The highest BCUT2D eigenvalue weighted by atomic mass is 32.1. The molecule has 56 heavy (non-hydrogen) atoms. The van der Waals surface area contributed by atoms with Crippen molar-refractivity contribution < 1.29 is 19.5 Å². The zero-order chi connectivity index (χ0) is 40.5. The van der Waals surface area contributed by atoms with Crippen molar-refractivity contribution in [3.63, 3.8) is 0 Å². The Kier molecular flexibility index (Phi) is 18.0. The van der Waals surface area contributed by atoms with Gasteiger partial charge in [0.2, 0.25) is 17.7 Å². The number of hydrogen-bond donors (Lipinski definition) is 6. The van der Waals surface area contributed by atoms with E-state index in [9.17, 15) is 19.5 Å². The molecule has 302 valence electrons. The minimum atomic E-state index is -1.08. The molecule has 10 heteroatoms. The lowest BCUT2D eigenvalue weighted by molar-refractivity contribution is -0.132. The number of fused-ring (bicyclic) bond motifs is 2. The summed E-state index contributed by atoms with van der Waals surface area (Å²) in [5.41, 5.74) is 2.12. The minimum Gasteiger partial charge on any atom is -0.390 e. The number of hydrogen-bond acceptors (Lipinski definition) is 5. The van der Waals surface area contributed by atoms with Crippen LogP contribution in [0.25, 0.3) is 21.5 Å². The summed E-state index contributed by atoms with van der Waals surface area (Å²) in [6.07, 6.45) is 3.99. The molecule has 0 aliphatic carbocycles. The van der Waals surface area contributed by atoms with Gasteiger partial charge in [0.15, 0.2) is 5.11 Å². The van der Waals surface area contributed by atoms with Gasteiger partial charge in [0.25, 0.3) is 0 Å². The zero-order valence-corrected chi connectivity index (χ0v) is 34.7. The molecule has 9 nitrogen and oxygen atoms in total. The fraction of sp³-hybridized carbons (Fsp3) is 0.478. The van der Waals surface area contributed by atoms with E-state index in [-0.39, 0.29) is 30.1 Å². The molecule has 4 rings (SSSR count). The number of unbranched alkanes of at least 4 members (excludes halogenated alkanes) is 2. The Bertz CT molecular complexity index is 1880. The lowest BCUT2D eigenvalue weighted by Gasteiger charge is -2.29. The van der Waals surface area contributed by atoms with E-state index in [0.29, 0.717) is 56.2 Å². The number of amides is 3. The van der Waals surface area contributed by atoms with Crippen molar-refractivity contribution in [3.05, 3.63) is 96.1 Å². The highest BCUT2D eigenvalue weighted by molar-refractivity contribution is 7.80. The van der Waals surface area contributed by atoms with Crippen molar-refractivity contribution in [1.82, 2.24) is 26.6 Å². The molecule has 0 saturated carbocycles. The van der Waals surface area contributed by atoms with Gasteiger partial charge < -0.3 is 31.7 Å². The Hall–Kier alpha value is -4.54. The maximum Gasteiger partial charge on any atom is 0.242 e. The van der Waals surface area contributed by atoms with E-state index >= 15 is 0 Å². The number of rotatable bonds is 22. The van der Waals surface area contributed by atoms with Gasteiger partial charge in [-0.05, 0) is 88.8 Å². The first-order chi connectivity index (χ1) is 27.0. The van der Waals surface area contributed by atoms with Gasteiger partial charge >= 0.3 is 0 Å². The standard InChI is InChI=1S/C46H63N5O4S/c1-6-32(4)30-49-43(53)29-42(52)41(25-31(2)3)51-45(55)40(21-8-7-13-24-48-46(56)47-5)50-44(54)38(27-33-22-23-34-15-9-10-17-36(34)26-33)28-37-19-14-18-35-16-11-12-20-39(35)37/h9-12,14-20,22-23,26,31-32,38,40-42,52H,6-8,13,21,24-25,27-30H2,1-5H3,(H,49,53)(H,50,54)(H,51,55)(H2,47,48,56). The SMILES string of the molecule is CCC(C)CNC(=O)CC(O)C(CC(C)C)NC(=O)C(CCCCCNC(=S)NC)NC(=O)C(Cc1ccc2ccccc2c1)Cc1cccc2ccccc12. The third kappa shape index (κ3) is 14.2. The third-order valence-corrected chi connectivity index (χ3v) is 10.9. The highest BCUT2D eigenvalue weighted by Gasteiger charge is 2.31. The molecule has 0 aliphatic heterocycles. The molecule has 6 N–H and O–H groups in total. The van der Waals surface area contributed by atoms with Crippen LogP contribution in [-0.4, -0.2) is 66.3 Å². The molecule has 0 heterocycles. The minimum absolute atomic E-state index is 0.120. The van der Waals surface area contributed by atoms with Crippen LogP contribution < -0.4 is 26.6 Å². The van der Waals surface area contributed by atoms with Crippen LogP contribution in [0.2, 0.25) is 0 Å². The predicted molar refractivity (Wildman–Crippen MR) is 233 cm³/mol. The lowest BCUT2D eigenvalue weighted by Crippen LogP contribution is -2.54. The summed E-state index contributed by atoms with van der Waals surface area (Å²) in [6.45, 7) is 9.41. The van der Waals surface area contributed by atoms with Gasteiger partial charge in [0.05, 0.1) is 18.6 Å². The van der Waals surface area contributed by atoms with E-state index in [1.807, 2.05) is 44.2 Å². The molecule has 4 aromatic rings. The van der Waals surface area contributed by atoms with Gasteiger partial charge in [-0.1, -0.05) is 132 Å². The monoisotopic (exact) mass is 781 g/mol. The Labute approximate surface area is 339 Å². The summed E-state index contributed by atoms with van der Waals surface area (Å²) in [4.78, 5) is 41.6. The van der Waals surface area contributed by atoms with Gasteiger partial charge in [-0.15, -0.1) is 0 Å². The summed E-state index contributed by atoms with van der Waals surface area (Å²) in [6, 6.07) is 27.4. The number of nitrogens with one attached hydrogen (secondary N) is 5. The van der Waals surface area contributed by atoms with E-state index < -0.39 is 24.1 Å².